The molecule has 0 spiro atoms. The molecule has 2 aromatic rings. The second-order valence-corrected chi connectivity index (χ2v) is 5.29. The summed E-state index contributed by atoms with van der Waals surface area (Å²) < 4.78 is 6.33. The molecule has 0 radical (unpaired) electrons. The van der Waals surface area contributed by atoms with Crippen molar-refractivity contribution in [1.82, 2.24) is 20.2 Å². The SMILES string of the molecule is CCCCn1nnc(NCc2cc(Br)ccc2OC)n1. The minimum Gasteiger partial charge on any atom is -0.496 e. The zero-order valence-electron chi connectivity index (χ0n) is 11.6. The Morgan fingerprint density at radius 1 is 1.40 bits per heavy atom. The number of rotatable bonds is 7. The van der Waals surface area contributed by atoms with Crippen molar-refractivity contribution in [2.24, 2.45) is 0 Å². The lowest BCUT2D eigenvalue weighted by atomic mass is 10.2. The van der Waals surface area contributed by atoms with Crippen LogP contribution in [-0.2, 0) is 13.1 Å². The molecule has 6 nitrogen and oxygen atoms in total. The fraction of sp³-hybridized carbons (Fsp3) is 0.462. The van der Waals surface area contributed by atoms with Gasteiger partial charge in [-0.2, -0.15) is 4.80 Å². The van der Waals surface area contributed by atoms with Crippen LogP contribution in [0.25, 0.3) is 0 Å². The number of methoxy groups -OCH3 is 1. The molecule has 0 atom stereocenters. The van der Waals surface area contributed by atoms with Crippen LogP contribution in [0.1, 0.15) is 25.3 Å². The number of aromatic nitrogens is 4. The van der Waals surface area contributed by atoms with Gasteiger partial charge in [-0.05, 0) is 29.8 Å². The van der Waals surface area contributed by atoms with Crippen LogP contribution in [0.5, 0.6) is 5.75 Å². The van der Waals surface area contributed by atoms with Crippen LogP contribution in [0.15, 0.2) is 22.7 Å². The van der Waals surface area contributed by atoms with Crippen LogP contribution in [-0.4, -0.2) is 27.3 Å². The fourth-order valence-electron chi connectivity index (χ4n) is 1.77. The molecular formula is C13H18BrN5O. The number of aryl methyl sites for hydroxylation is 1. The predicted octanol–water partition coefficient (Wildman–Crippen LogP) is 2.86. The van der Waals surface area contributed by atoms with Gasteiger partial charge in [0.1, 0.15) is 5.75 Å². The zero-order chi connectivity index (χ0) is 14.4. The van der Waals surface area contributed by atoms with Crippen molar-refractivity contribution in [2.75, 3.05) is 12.4 Å². The summed E-state index contributed by atoms with van der Waals surface area (Å²) in [4.78, 5) is 1.62. The number of hydrogen-bond acceptors (Lipinski definition) is 5. The number of tetrazole rings is 1. The molecule has 0 aliphatic heterocycles. The highest BCUT2D eigenvalue weighted by Gasteiger charge is 2.06. The quantitative estimate of drug-likeness (QED) is 0.840. The lowest BCUT2D eigenvalue weighted by Gasteiger charge is -2.08. The monoisotopic (exact) mass is 339 g/mol. The summed E-state index contributed by atoms with van der Waals surface area (Å²) in [5.74, 6) is 1.36. The van der Waals surface area contributed by atoms with Gasteiger partial charge in [0, 0.05) is 16.6 Å². The van der Waals surface area contributed by atoms with Gasteiger partial charge in [-0.1, -0.05) is 34.4 Å². The fourth-order valence-corrected chi connectivity index (χ4v) is 2.18. The van der Waals surface area contributed by atoms with Crippen LogP contribution >= 0.6 is 15.9 Å². The number of benzene rings is 1. The topological polar surface area (TPSA) is 64.9 Å². The molecule has 7 heteroatoms. The highest BCUT2D eigenvalue weighted by molar-refractivity contribution is 9.10. The molecule has 0 unspecified atom stereocenters. The van der Waals surface area contributed by atoms with Crippen molar-refractivity contribution in [3.05, 3.63) is 28.2 Å². The molecule has 1 heterocycles. The Hall–Kier alpha value is -1.63. The Labute approximate surface area is 126 Å². The van der Waals surface area contributed by atoms with Crippen molar-refractivity contribution < 1.29 is 4.74 Å². The zero-order valence-corrected chi connectivity index (χ0v) is 13.2. The molecule has 108 valence electrons. The van der Waals surface area contributed by atoms with E-state index in [9.17, 15) is 0 Å². The average molecular weight is 340 g/mol. The maximum atomic E-state index is 5.32. The first kappa shape index (κ1) is 14.8. The van der Waals surface area contributed by atoms with E-state index in [1.54, 1.807) is 11.9 Å². The van der Waals surface area contributed by atoms with E-state index in [0.29, 0.717) is 12.5 Å². The Kier molecular flexibility index (Phi) is 5.34. The first-order valence-corrected chi connectivity index (χ1v) is 7.36. The Bertz CT molecular complexity index is 557. The normalized spacial score (nSPS) is 10.6. The maximum absolute atomic E-state index is 5.32. The molecule has 0 bridgehead atoms. The van der Waals surface area contributed by atoms with Gasteiger partial charge in [-0.15, -0.1) is 5.10 Å². The van der Waals surface area contributed by atoms with Crippen LogP contribution in [0, 0.1) is 0 Å². The average Bonchev–Trinajstić information content (AvgIpc) is 2.91. The van der Waals surface area contributed by atoms with Gasteiger partial charge in [0.15, 0.2) is 0 Å². The molecule has 1 aromatic carbocycles. The lowest BCUT2D eigenvalue weighted by Crippen LogP contribution is -2.05. The van der Waals surface area contributed by atoms with E-state index >= 15 is 0 Å². The van der Waals surface area contributed by atoms with E-state index in [4.69, 9.17) is 4.74 Å². The number of hydrogen-bond donors (Lipinski definition) is 1. The molecule has 0 amide bonds. The minimum absolute atomic E-state index is 0.531. The van der Waals surface area contributed by atoms with Crippen molar-refractivity contribution in [2.45, 2.75) is 32.9 Å². The van der Waals surface area contributed by atoms with Gasteiger partial charge in [0.2, 0.25) is 0 Å². The second-order valence-electron chi connectivity index (χ2n) is 4.37. The van der Waals surface area contributed by atoms with Gasteiger partial charge in [0.25, 0.3) is 5.95 Å². The summed E-state index contributed by atoms with van der Waals surface area (Å²) in [6.45, 7) is 3.52. The molecule has 0 saturated heterocycles. The second kappa shape index (κ2) is 7.23. The Morgan fingerprint density at radius 3 is 3.00 bits per heavy atom. The van der Waals surface area contributed by atoms with E-state index < -0.39 is 0 Å². The van der Waals surface area contributed by atoms with Gasteiger partial charge in [-0.3, -0.25) is 0 Å². The summed E-state index contributed by atoms with van der Waals surface area (Å²) in [6, 6.07) is 5.88. The molecule has 0 saturated carbocycles. The molecule has 1 N–H and O–H groups in total. The van der Waals surface area contributed by atoms with E-state index in [-0.39, 0.29) is 0 Å². The van der Waals surface area contributed by atoms with E-state index in [0.717, 1.165) is 35.2 Å². The number of anilines is 1. The Morgan fingerprint density at radius 2 is 2.25 bits per heavy atom. The van der Waals surface area contributed by atoms with Crippen molar-refractivity contribution >= 4 is 21.9 Å². The van der Waals surface area contributed by atoms with Crippen molar-refractivity contribution in [3.8, 4) is 5.75 Å². The number of halogens is 1. The first-order chi connectivity index (χ1) is 9.72. The third-order valence-electron chi connectivity index (χ3n) is 2.84. The van der Waals surface area contributed by atoms with Crippen LogP contribution in [0.2, 0.25) is 0 Å². The summed E-state index contributed by atoms with van der Waals surface area (Å²) in [5.41, 5.74) is 1.03. The van der Waals surface area contributed by atoms with E-state index in [1.165, 1.54) is 0 Å². The molecule has 1 aromatic heterocycles. The van der Waals surface area contributed by atoms with Crippen LogP contribution in [0.4, 0.5) is 5.95 Å². The summed E-state index contributed by atoms with van der Waals surface area (Å²) in [5, 5.41) is 15.4. The largest absolute Gasteiger partial charge is 0.496 e. The van der Waals surface area contributed by atoms with Crippen molar-refractivity contribution in [3.63, 3.8) is 0 Å². The molecule has 0 fully saturated rings. The third kappa shape index (κ3) is 3.93. The summed E-state index contributed by atoms with van der Waals surface area (Å²) >= 11 is 3.45. The molecule has 0 aliphatic rings. The number of ether oxygens (including phenoxy) is 1. The number of nitrogens with zero attached hydrogens (tertiary/aromatic N) is 4. The van der Waals surface area contributed by atoms with Gasteiger partial charge in [-0.25, -0.2) is 0 Å². The smallest absolute Gasteiger partial charge is 0.263 e. The highest BCUT2D eigenvalue weighted by Crippen LogP contribution is 2.23. The molecular weight excluding hydrogens is 322 g/mol. The third-order valence-corrected chi connectivity index (χ3v) is 3.34. The highest BCUT2D eigenvalue weighted by atomic mass is 79.9. The van der Waals surface area contributed by atoms with E-state index in [2.05, 4.69) is 43.6 Å². The summed E-state index contributed by atoms with van der Waals surface area (Å²) in [6.07, 6.45) is 2.16. The minimum atomic E-state index is 0.531. The van der Waals surface area contributed by atoms with Crippen LogP contribution in [0.3, 0.4) is 0 Å². The Balaban J connectivity index is 1.98. The standard InChI is InChI=1S/C13H18BrN5O/c1-3-4-7-19-17-13(16-18-19)15-9-10-8-11(14)5-6-12(10)20-2/h5-6,8H,3-4,7,9H2,1-2H3,(H,15,17). The number of nitrogens with one attached hydrogen (secondary N) is 1. The van der Waals surface area contributed by atoms with E-state index in [1.807, 2.05) is 18.2 Å². The number of unbranched alkanes of at least 4 members (excludes halogenated alkanes) is 1. The predicted molar refractivity (Wildman–Crippen MR) is 80.7 cm³/mol. The maximum Gasteiger partial charge on any atom is 0.263 e. The summed E-state index contributed by atoms with van der Waals surface area (Å²) in [7, 11) is 1.66. The van der Waals surface area contributed by atoms with Gasteiger partial charge >= 0.3 is 0 Å². The molecule has 20 heavy (non-hydrogen) atoms. The van der Waals surface area contributed by atoms with Gasteiger partial charge < -0.3 is 10.1 Å². The van der Waals surface area contributed by atoms with Crippen molar-refractivity contribution in [1.29, 1.82) is 0 Å². The lowest BCUT2D eigenvalue weighted by molar-refractivity contribution is 0.410. The molecule has 0 aliphatic carbocycles. The first-order valence-electron chi connectivity index (χ1n) is 6.57. The molecule has 2 rings (SSSR count). The van der Waals surface area contributed by atoms with Gasteiger partial charge in [0.05, 0.1) is 13.7 Å². The van der Waals surface area contributed by atoms with Crippen LogP contribution < -0.4 is 10.1 Å².